The third kappa shape index (κ3) is 7.37. The number of carbonyl (C=O) groups excluding carboxylic acids is 2. The van der Waals surface area contributed by atoms with E-state index in [4.69, 9.17) is 14.5 Å². The first-order valence-corrected chi connectivity index (χ1v) is 9.08. The van der Waals surface area contributed by atoms with E-state index >= 15 is 0 Å². The quantitative estimate of drug-likeness (QED) is 0.0793. The smallest absolute Gasteiger partial charge is 0.357 e. The molecule has 0 spiro atoms. The van der Waals surface area contributed by atoms with Crippen molar-refractivity contribution in [3.8, 4) is 0 Å². The van der Waals surface area contributed by atoms with Crippen molar-refractivity contribution in [3.63, 3.8) is 0 Å². The minimum atomic E-state index is -2.54. The van der Waals surface area contributed by atoms with Crippen molar-refractivity contribution < 1.29 is 43.1 Å². The van der Waals surface area contributed by atoms with Gasteiger partial charge in [0.1, 0.15) is 6.61 Å². The Balaban J connectivity index is 2.69. The van der Waals surface area contributed by atoms with Gasteiger partial charge in [-0.15, -0.1) is 0 Å². The highest BCUT2D eigenvalue weighted by Gasteiger charge is 2.25. The van der Waals surface area contributed by atoms with E-state index in [2.05, 4.69) is 19.0 Å². The topological polar surface area (TPSA) is 124 Å². The first kappa shape index (κ1) is 23.2. The van der Waals surface area contributed by atoms with Crippen LogP contribution < -0.4 is 0 Å². The van der Waals surface area contributed by atoms with Gasteiger partial charge in [-0.25, -0.2) is 14.5 Å². The number of rotatable bonds is 10. The Bertz CT molecular complexity index is 587. The fraction of sp³-hybridized carbons (Fsp3) is 0.500. The number of hydrogen-bond acceptors (Lipinski definition) is 10. The van der Waals surface area contributed by atoms with Crippen molar-refractivity contribution in [2.75, 3.05) is 40.6 Å². The standard InChI is InChI=1S/C16H24NO9P/c1-11-9-13(14(15(18)22-3)16(19)23-4)10-12(2)17(11)5-6-24-7-8-25-26-27(20)21/h9-10,20-21H,5-8H2,1-4H3. The summed E-state index contributed by atoms with van der Waals surface area (Å²) >= 11 is 0. The third-order valence-electron chi connectivity index (χ3n) is 3.54. The molecule has 1 heterocycles. The minimum Gasteiger partial charge on any atom is -0.465 e. The third-order valence-corrected chi connectivity index (χ3v) is 3.78. The summed E-state index contributed by atoms with van der Waals surface area (Å²) in [6.45, 7) is 4.83. The maximum Gasteiger partial charge on any atom is 0.357 e. The zero-order chi connectivity index (χ0) is 20.4. The Kier molecular flexibility index (Phi) is 10.2. The maximum atomic E-state index is 11.9. The van der Waals surface area contributed by atoms with Gasteiger partial charge in [-0.1, -0.05) is 0 Å². The first-order chi connectivity index (χ1) is 12.8. The van der Waals surface area contributed by atoms with Gasteiger partial charge in [-0.05, 0) is 31.6 Å². The molecule has 10 nitrogen and oxygen atoms in total. The van der Waals surface area contributed by atoms with Crippen LogP contribution in [0.25, 0.3) is 0 Å². The van der Waals surface area contributed by atoms with Crippen molar-refractivity contribution in [2.45, 2.75) is 13.8 Å². The van der Waals surface area contributed by atoms with E-state index in [0.29, 0.717) is 18.7 Å². The molecule has 27 heavy (non-hydrogen) atoms. The van der Waals surface area contributed by atoms with Crippen molar-refractivity contribution >= 4 is 20.5 Å². The van der Waals surface area contributed by atoms with Gasteiger partial charge in [0.15, 0.2) is 5.57 Å². The Morgan fingerprint density at radius 3 is 2.04 bits per heavy atom. The van der Waals surface area contributed by atoms with Crippen LogP contribution in [0, 0.1) is 0 Å². The molecule has 0 unspecified atom stereocenters. The van der Waals surface area contributed by atoms with E-state index in [-0.39, 0.29) is 18.8 Å². The molecule has 0 radical (unpaired) electrons. The highest BCUT2D eigenvalue weighted by atomic mass is 31.2. The van der Waals surface area contributed by atoms with E-state index in [1.165, 1.54) is 14.2 Å². The summed E-state index contributed by atoms with van der Waals surface area (Å²) in [5.41, 5.74) is 1.87. The van der Waals surface area contributed by atoms with Gasteiger partial charge in [-0.2, -0.15) is 4.67 Å². The lowest BCUT2D eigenvalue weighted by atomic mass is 10.0. The summed E-state index contributed by atoms with van der Waals surface area (Å²) in [7, 11) is -0.147. The molecule has 0 aromatic rings. The normalized spacial score (nSPS) is 14.0. The van der Waals surface area contributed by atoms with E-state index in [1.54, 1.807) is 12.2 Å². The maximum absolute atomic E-state index is 11.9. The van der Waals surface area contributed by atoms with Crippen LogP contribution in [0.4, 0.5) is 0 Å². The minimum absolute atomic E-state index is 0.0537. The number of hydrogen-bond donors (Lipinski definition) is 2. The number of methoxy groups -OCH3 is 2. The lowest BCUT2D eigenvalue weighted by molar-refractivity contribution is -0.221. The molecule has 0 saturated carbocycles. The summed E-state index contributed by atoms with van der Waals surface area (Å²) < 4.78 is 18.9. The van der Waals surface area contributed by atoms with Crippen LogP contribution in [0.15, 0.2) is 34.7 Å². The zero-order valence-electron chi connectivity index (χ0n) is 15.6. The van der Waals surface area contributed by atoms with Crippen LogP contribution in [0.3, 0.4) is 0 Å². The summed E-state index contributed by atoms with van der Waals surface area (Å²) in [5.74, 6) is -1.53. The molecule has 11 heteroatoms. The Labute approximate surface area is 158 Å². The molecule has 0 saturated heterocycles. The summed E-state index contributed by atoms with van der Waals surface area (Å²) in [5, 5.41) is 0. The molecular formula is C16H24NO9P. The monoisotopic (exact) mass is 405 g/mol. The number of nitrogens with zero attached hydrogens (tertiary/aromatic N) is 1. The average Bonchev–Trinajstić information content (AvgIpc) is 2.62. The van der Waals surface area contributed by atoms with Gasteiger partial charge in [0, 0.05) is 17.9 Å². The molecule has 0 atom stereocenters. The fourth-order valence-electron chi connectivity index (χ4n) is 2.38. The number of ether oxygens (including phenoxy) is 3. The molecule has 1 aliphatic heterocycles. The van der Waals surface area contributed by atoms with Crippen molar-refractivity contribution in [2.24, 2.45) is 0 Å². The SMILES string of the molecule is COC(=O)C(C(=O)OC)=C1C=C(C)N(CCOCCOOP(O)O)C(C)=C1. The predicted molar refractivity (Wildman–Crippen MR) is 94.5 cm³/mol. The second kappa shape index (κ2) is 11.8. The molecule has 0 aliphatic carbocycles. The molecule has 1 rings (SSSR count). The zero-order valence-corrected chi connectivity index (χ0v) is 16.5. The van der Waals surface area contributed by atoms with Gasteiger partial charge in [0.2, 0.25) is 0 Å². The molecular weight excluding hydrogens is 381 g/mol. The average molecular weight is 405 g/mol. The molecule has 0 bridgehead atoms. The Morgan fingerprint density at radius 2 is 1.56 bits per heavy atom. The number of allylic oxidation sites excluding steroid dienone is 5. The van der Waals surface area contributed by atoms with Crippen molar-refractivity contribution in [1.82, 2.24) is 4.90 Å². The van der Waals surface area contributed by atoms with E-state index in [0.717, 1.165) is 11.4 Å². The van der Waals surface area contributed by atoms with Crippen LogP contribution >= 0.6 is 8.60 Å². The summed E-state index contributed by atoms with van der Waals surface area (Å²) in [6, 6.07) is 0. The van der Waals surface area contributed by atoms with Crippen LogP contribution in [-0.4, -0.2) is 67.2 Å². The Morgan fingerprint density at radius 1 is 1.00 bits per heavy atom. The van der Waals surface area contributed by atoms with Crippen LogP contribution in [-0.2, 0) is 33.4 Å². The fourth-order valence-corrected chi connectivity index (χ4v) is 2.55. The second-order valence-electron chi connectivity index (χ2n) is 5.30. The highest BCUT2D eigenvalue weighted by molar-refractivity contribution is 7.39. The van der Waals surface area contributed by atoms with E-state index < -0.39 is 20.5 Å². The number of carbonyl (C=O) groups is 2. The number of esters is 2. The van der Waals surface area contributed by atoms with Gasteiger partial charge in [0.25, 0.3) is 0 Å². The lowest BCUT2D eigenvalue weighted by Crippen LogP contribution is -2.28. The summed E-state index contributed by atoms with van der Waals surface area (Å²) in [4.78, 5) is 47.3. The predicted octanol–water partition coefficient (Wildman–Crippen LogP) is 0.928. The van der Waals surface area contributed by atoms with Gasteiger partial charge in [0.05, 0.1) is 27.4 Å². The second-order valence-corrected chi connectivity index (χ2v) is 5.95. The van der Waals surface area contributed by atoms with E-state index in [9.17, 15) is 9.59 Å². The molecule has 2 N–H and O–H groups in total. The van der Waals surface area contributed by atoms with Crippen LogP contribution in [0.5, 0.6) is 0 Å². The lowest BCUT2D eigenvalue weighted by Gasteiger charge is -2.30. The van der Waals surface area contributed by atoms with Crippen molar-refractivity contribution in [3.05, 3.63) is 34.7 Å². The van der Waals surface area contributed by atoms with E-state index in [1.807, 2.05) is 18.7 Å². The molecule has 0 fully saturated rings. The molecule has 0 amide bonds. The molecule has 1 aliphatic rings. The Hall–Kier alpha value is -1.81. The molecule has 0 aromatic carbocycles. The van der Waals surface area contributed by atoms with Crippen LogP contribution in [0.2, 0.25) is 0 Å². The van der Waals surface area contributed by atoms with Crippen molar-refractivity contribution in [1.29, 1.82) is 0 Å². The molecule has 152 valence electrons. The first-order valence-electron chi connectivity index (χ1n) is 7.92. The summed E-state index contributed by atoms with van der Waals surface area (Å²) in [6.07, 6.45) is 3.38. The van der Waals surface area contributed by atoms with Gasteiger partial charge >= 0.3 is 20.5 Å². The van der Waals surface area contributed by atoms with Gasteiger partial charge in [-0.3, -0.25) is 0 Å². The van der Waals surface area contributed by atoms with Crippen LogP contribution in [0.1, 0.15) is 13.8 Å². The largest absolute Gasteiger partial charge is 0.465 e. The molecule has 0 aromatic heterocycles. The van der Waals surface area contributed by atoms with Gasteiger partial charge < -0.3 is 28.9 Å². The highest BCUT2D eigenvalue weighted by Crippen LogP contribution is 2.26.